The average molecular weight is 804 g/mol. The predicted molar refractivity (Wildman–Crippen MR) is 261 cm³/mol. The molecule has 0 fully saturated rings. The number of fused-ring (bicyclic) bond motifs is 10. The van der Waals surface area contributed by atoms with E-state index in [0.717, 1.165) is 61.6 Å². The molecule has 5 nitrogen and oxygen atoms in total. The summed E-state index contributed by atoms with van der Waals surface area (Å²) in [6.45, 7) is 0. The van der Waals surface area contributed by atoms with Gasteiger partial charge < -0.3 is 13.7 Å². The van der Waals surface area contributed by atoms with Gasteiger partial charge in [-0.3, -0.25) is 0 Å². The van der Waals surface area contributed by atoms with Crippen molar-refractivity contribution in [3.8, 4) is 51.0 Å². The van der Waals surface area contributed by atoms with Crippen LogP contribution in [0.25, 0.3) is 116 Å². The van der Waals surface area contributed by atoms with Gasteiger partial charge in [-0.05, 0) is 72.8 Å². The highest BCUT2D eigenvalue weighted by Crippen LogP contribution is 2.43. The second-order valence-electron chi connectivity index (χ2n) is 16.2. The quantitative estimate of drug-likeness (QED) is 0.168. The molecule has 63 heavy (non-hydrogen) atoms. The Balaban J connectivity index is 1.08. The van der Waals surface area contributed by atoms with Gasteiger partial charge in [-0.25, -0.2) is 9.97 Å². The van der Waals surface area contributed by atoms with Gasteiger partial charge in [-0.2, -0.15) is 0 Å². The molecule has 0 unspecified atom stereocenters. The fourth-order valence-electron chi connectivity index (χ4n) is 9.86. The normalized spacial score (nSPS) is 11.8. The Bertz CT molecular complexity index is 3820. The highest BCUT2D eigenvalue weighted by molar-refractivity contribution is 6.26. The molecular weight excluding hydrogens is 767 g/mol. The first-order chi connectivity index (χ1) is 31.3. The summed E-state index contributed by atoms with van der Waals surface area (Å²) in [4.78, 5) is 10.3. The number of hydrogen-bond donors (Lipinski definition) is 0. The summed E-state index contributed by atoms with van der Waals surface area (Å²) in [5.41, 5.74) is 15.2. The van der Waals surface area contributed by atoms with Gasteiger partial charge in [0.15, 0.2) is 5.82 Å². The molecule has 9 aromatic carbocycles. The third-order valence-corrected chi connectivity index (χ3v) is 12.6. The van der Waals surface area contributed by atoms with Crippen molar-refractivity contribution in [2.75, 3.05) is 0 Å². The molecule has 13 rings (SSSR count). The van der Waals surface area contributed by atoms with E-state index in [2.05, 4.69) is 214 Å². The van der Waals surface area contributed by atoms with Gasteiger partial charge in [0.1, 0.15) is 0 Å². The molecule has 294 valence electrons. The lowest BCUT2D eigenvalue weighted by Crippen LogP contribution is -1.97. The lowest BCUT2D eigenvalue weighted by atomic mass is 10.0. The van der Waals surface area contributed by atoms with Gasteiger partial charge in [-0.15, -0.1) is 0 Å². The Labute approximate surface area is 363 Å². The molecule has 0 atom stereocenters. The maximum absolute atomic E-state index is 5.20. The summed E-state index contributed by atoms with van der Waals surface area (Å²) in [7, 11) is 0. The zero-order chi connectivity index (χ0) is 41.4. The Kier molecular flexibility index (Phi) is 7.84. The van der Waals surface area contributed by atoms with Crippen molar-refractivity contribution in [1.82, 2.24) is 23.7 Å². The highest BCUT2D eigenvalue weighted by Gasteiger charge is 2.22. The molecule has 0 saturated heterocycles. The van der Waals surface area contributed by atoms with Crippen LogP contribution >= 0.6 is 0 Å². The molecule has 13 aromatic rings. The lowest BCUT2D eigenvalue weighted by molar-refractivity contribution is 1.16. The third kappa shape index (κ3) is 5.50. The smallest absolute Gasteiger partial charge is 0.160 e. The van der Waals surface area contributed by atoms with Crippen LogP contribution in [0.15, 0.2) is 224 Å². The molecule has 0 aliphatic carbocycles. The van der Waals surface area contributed by atoms with E-state index in [1.54, 1.807) is 0 Å². The second-order valence-corrected chi connectivity index (χ2v) is 16.2. The summed E-state index contributed by atoms with van der Waals surface area (Å²) >= 11 is 0. The van der Waals surface area contributed by atoms with Crippen LogP contribution in [-0.2, 0) is 0 Å². The van der Waals surface area contributed by atoms with Crippen LogP contribution in [0.1, 0.15) is 0 Å². The summed E-state index contributed by atoms with van der Waals surface area (Å²) in [5.74, 6) is 0.704. The molecule has 0 bridgehead atoms. The van der Waals surface area contributed by atoms with Crippen molar-refractivity contribution < 1.29 is 0 Å². The first-order valence-electron chi connectivity index (χ1n) is 21.4. The van der Waals surface area contributed by atoms with Crippen LogP contribution in [0.2, 0.25) is 0 Å². The SMILES string of the molecule is c1ccc(-c2cc(-c3ccc4c(c3)c3ccc(-n5c6ccccc6c6ccc7c(c8ccccc8n7-c7ccccc7)c65)cc3n4-c3ccccc3)nc(-c3ccccc3)n2)cc1. The molecule has 0 spiro atoms. The number of nitrogens with zero attached hydrogens (tertiary/aromatic N) is 5. The Morgan fingerprint density at radius 2 is 0.778 bits per heavy atom. The van der Waals surface area contributed by atoms with E-state index in [0.29, 0.717) is 5.82 Å². The fraction of sp³-hybridized carbons (Fsp3) is 0. The van der Waals surface area contributed by atoms with Crippen LogP contribution in [0, 0.1) is 0 Å². The summed E-state index contributed by atoms with van der Waals surface area (Å²) in [5, 5.41) is 7.27. The zero-order valence-corrected chi connectivity index (χ0v) is 34.1. The minimum Gasteiger partial charge on any atom is -0.309 e. The summed E-state index contributed by atoms with van der Waals surface area (Å²) in [6, 6.07) is 80.2. The van der Waals surface area contributed by atoms with Gasteiger partial charge in [0.2, 0.25) is 0 Å². The van der Waals surface area contributed by atoms with Gasteiger partial charge in [0, 0.05) is 66.1 Å². The molecule has 4 heterocycles. The fourth-order valence-corrected chi connectivity index (χ4v) is 9.86. The largest absolute Gasteiger partial charge is 0.309 e. The molecule has 4 aromatic heterocycles. The number of aromatic nitrogens is 5. The Morgan fingerprint density at radius 1 is 0.270 bits per heavy atom. The van der Waals surface area contributed by atoms with Crippen molar-refractivity contribution >= 4 is 65.4 Å². The number of hydrogen-bond acceptors (Lipinski definition) is 2. The van der Waals surface area contributed by atoms with Crippen molar-refractivity contribution in [3.05, 3.63) is 224 Å². The number of para-hydroxylation sites is 4. The van der Waals surface area contributed by atoms with E-state index in [9.17, 15) is 0 Å². The van der Waals surface area contributed by atoms with Crippen molar-refractivity contribution in [3.63, 3.8) is 0 Å². The molecule has 0 saturated carbocycles. The number of benzene rings is 9. The maximum atomic E-state index is 5.20. The van der Waals surface area contributed by atoms with Crippen LogP contribution < -0.4 is 0 Å². The van der Waals surface area contributed by atoms with Crippen LogP contribution in [0.4, 0.5) is 0 Å². The highest BCUT2D eigenvalue weighted by atomic mass is 15.0. The Morgan fingerprint density at radius 3 is 1.48 bits per heavy atom. The molecule has 5 heteroatoms. The minimum atomic E-state index is 0.704. The first-order valence-corrected chi connectivity index (χ1v) is 21.4. The molecular formula is C58H37N5. The van der Waals surface area contributed by atoms with Gasteiger partial charge in [0.25, 0.3) is 0 Å². The number of rotatable bonds is 6. The van der Waals surface area contributed by atoms with E-state index in [1.165, 1.54) is 49.0 Å². The first kappa shape index (κ1) is 35.2. The monoisotopic (exact) mass is 803 g/mol. The van der Waals surface area contributed by atoms with Gasteiger partial charge in [-0.1, -0.05) is 152 Å². The molecule has 0 aliphatic rings. The second kappa shape index (κ2) is 14.0. The van der Waals surface area contributed by atoms with Crippen molar-refractivity contribution in [2.45, 2.75) is 0 Å². The zero-order valence-electron chi connectivity index (χ0n) is 34.1. The van der Waals surface area contributed by atoms with E-state index in [1.807, 2.05) is 24.3 Å². The van der Waals surface area contributed by atoms with Crippen molar-refractivity contribution in [2.24, 2.45) is 0 Å². The lowest BCUT2D eigenvalue weighted by Gasteiger charge is -2.12. The van der Waals surface area contributed by atoms with Gasteiger partial charge in [0.05, 0.1) is 44.5 Å². The molecule has 0 aliphatic heterocycles. The Hall–Kier alpha value is -8.54. The van der Waals surface area contributed by atoms with E-state index in [-0.39, 0.29) is 0 Å². The molecule has 0 N–H and O–H groups in total. The minimum absolute atomic E-state index is 0.704. The van der Waals surface area contributed by atoms with Crippen LogP contribution in [-0.4, -0.2) is 23.7 Å². The maximum Gasteiger partial charge on any atom is 0.160 e. The molecule has 0 amide bonds. The van der Waals surface area contributed by atoms with E-state index < -0.39 is 0 Å². The molecule has 0 radical (unpaired) electrons. The standard InChI is InChI=1S/C58H37N5/c1-5-17-38(18-6-1)49-37-50(60-58(59-49)39-19-7-2-8-20-39)40-29-33-53-48(35-40)45-31-30-43(36-55(45)62(53)42-23-11-4-12-24-42)63-51-27-15-13-25-44(51)46-32-34-54-56(57(46)63)47-26-14-16-28-52(47)61(54)41-21-9-3-10-22-41/h1-37H. The van der Waals surface area contributed by atoms with Gasteiger partial charge >= 0.3 is 0 Å². The topological polar surface area (TPSA) is 40.6 Å². The van der Waals surface area contributed by atoms with Crippen molar-refractivity contribution in [1.29, 1.82) is 0 Å². The average Bonchev–Trinajstić information content (AvgIpc) is 4.00. The van der Waals surface area contributed by atoms with Crippen LogP contribution in [0.3, 0.4) is 0 Å². The van der Waals surface area contributed by atoms with E-state index in [4.69, 9.17) is 9.97 Å². The summed E-state index contributed by atoms with van der Waals surface area (Å²) < 4.78 is 7.31. The van der Waals surface area contributed by atoms with E-state index >= 15 is 0 Å². The summed E-state index contributed by atoms with van der Waals surface area (Å²) in [6.07, 6.45) is 0. The predicted octanol–water partition coefficient (Wildman–Crippen LogP) is 14.8. The van der Waals surface area contributed by atoms with Crippen LogP contribution in [0.5, 0.6) is 0 Å². The third-order valence-electron chi connectivity index (χ3n) is 12.6.